The summed E-state index contributed by atoms with van der Waals surface area (Å²) in [6, 6.07) is 11.1. The van der Waals surface area contributed by atoms with Gasteiger partial charge in [0.1, 0.15) is 11.9 Å². The number of hydrogen-bond acceptors (Lipinski definition) is 5. The van der Waals surface area contributed by atoms with Crippen LogP contribution in [0.1, 0.15) is 61.7 Å². The molecule has 3 aromatic rings. The second-order valence-corrected chi connectivity index (χ2v) is 8.57. The molecule has 1 aromatic carbocycles. The Morgan fingerprint density at radius 3 is 2.74 bits per heavy atom. The Balaban J connectivity index is 1.62. The number of aromatic amines is 1. The Labute approximate surface area is 187 Å². The van der Waals surface area contributed by atoms with Gasteiger partial charge >= 0.3 is 5.97 Å². The number of rotatable bonds is 10. The second-order valence-electron chi connectivity index (χ2n) is 7.66. The Morgan fingerprint density at radius 1 is 1.23 bits per heavy atom. The maximum atomic E-state index is 12.4. The van der Waals surface area contributed by atoms with E-state index in [1.807, 2.05) is 11.4 Å². The van der Waals surface area contributed by atoms with Crippen molar-refractivity contribution in [3.63, 3.8) is 0 Å². The summed E-state index contributed by atoms with van der Waals surface area (Å²) < 4.78 is 5.25. The number of aryl methyl sites for hydroxylation is 1. The average molecular weight is 440 g/mol. The molecule has 2 aromatic heterocycles. The monoisotopic (exact) mass is 439 g/mol. The van der Waals surface area contributed by atoms with Crippen molar-refractivity contribution in [1.29, 1.82) is 0 Å². The van der Waals surface area contributed by atoms with Crippen LogP contribution in [0.2, 0.25) is 0 Å². The van der Waals surface area contributed by atoms with E-state index in [0.29, 0.717) is 5.06 Å². The third-order valence-electron chi connectivity index (χ3n) is 5.17. The van der Waals surface area contributed by atoms with Crippen molar-refractivity contribution in [3.8, 4) is 5.06 Å². The number of thiophene rings is 1. The Kier molecular flexibility index (Phi) is 8.00. The summed E-state index contributed by atoms with van der Waals surface area (Å²) in [6.45, 7) is 5.91. The highest BCUT2D eigenvalue weighted by Crippen LogP contribution is 2.30. The highest BCUT2D eigenvalue weighted by atomic mass is 32.1. The van der Waals surface area contributed by atoms with Crippen molar-refractivity contribution in [1.82, 2.24) is 15.3 Å². The summed E-state index contributed by atoms with van der Waals surface area (Å²) in [4.78, 5) is 32.5. The largest absolute Gasteiger partial charge is 0.414 e. The van der Waals surface area contributed by atoms with Crippen molar-refractivity contribution in [2.45, 2.75) is 58.4 Å². The molecule has 0 spiro atoms. The molecule has 2 N–H and O–H groups in total. The number of amides is 1. The molecule has 2 heterocycles. The molecule has 1 amide bonds. The van der Waals surface area contributed by atoms with Gasteiger partial charge in [-0.3, -0.25) is 4.79 Å². The number of nitrogens with zero attached hydrogens (tertiary/aromatic N) is 1. The molecular weight excluding hydrogens is 410 g/mol. The van der Waals surface area contributed by atoms with E-state index >= 15 is 0 Å². The summed E-state index contributed by atoms with van der Waals surface area (Å²) in [6.07, 6.45) is 5.03. The lowest BCUT2D eigenvalue weighted by atomic mass is 9.90. The number of carbonyl (C=O) groups excluding carboxylic acids is 2. The molecule has 6 nitrogen and oxygen atoms in total. The number of nitrogens with one attached hydrogen (secondary N) is 2. The lowest BCUT2D eigenvalue weighted by molar-refractivity contribution is -0.138. The van der Waals surface area contributed by atoms with E-state index in [2.05, 4.69) is 47.3 Å². The zero-order chi connectivity index (χ0) is 22.2. The van der Waals surface area contributed by atoms with Crippen LogP contribution < -0.4 is 10.1 Å². The van der Waals surface area contributed by atoms with Gasteiger partial charge in [0, 0.05) is 17.8 Å². The Bertz CT molecular complexity index is 997. The topological polar surface area (TPSA) is 84.1 Å². The highest BCUT2D eigenvalue weighted by molar-refractivity contribution is 7.11. The number of ether oxygens (including phenoxy) is 1. The van der Waals surface area contributed by atoms with Crippen LogP contribution in [0.3, 0.4) is 0 Å². The first-order valence-corrected chi connectivity index (χ1v) is 11.5. The molecule has 0 bridgehead atoms. The van der Waals surface area contributed by atoms with Crippen molar-refractivity contribution >= 4 is 23.2 Å². The molecule has 0 aliphatic carbocycles. The van der Waals surface area contributed by atoms with Crippen molar-refractivity contribution in [2.24, 2.45) is 0 Å². The maximum absolute atomic E-state index is 12.4. The standard InChI is InChI=1S/C24H29N3O3S/c1-4-5-10-20(19-11-7-6-9-16(19)2)23-25-15-18(27-23)14-21(28)26-17(3)24(29)30-22-12-8-13-31-22/h6-9,11-13,15,17,20H,4-5,10,14H2,1-3H3,(H,25,27)(H,26,28)/t17-,20?/m0/s1. The van der Waals surface area contributed by atoms with Gasteiger partial charge < -0.3 is 15.0 Å². The number of unbranched alkanes of at least 4 members (excludes halogenated alkanes) is 1. The Hall–Kier alpha value is -2.93. The number of carbonyl (C=O) groups is 2. The van der Waals surface area contributed by atoms with E-state index in [-0.39, 0.29) is 18.2 Å². The SMILES string of the molecule is CCCCC(c1ncc(CC(=O)N[C@@H](C)C(=O)Oc2cccs2)[nH]1)c1ccccc1C. The van der Waals surface area contributed by atoms with E-state index in [1.165, 1.54) is 22.5 Å². The van der Waals surface area contributed by atoms with Crippen LogP contribution in [-0.4, -0.2) is 27.9 Å². The molecule has 0 radical (unpaired) electrons. The fraction of sp³-hybridized carbons (Fsp3) is 0.375. The summed E-state index contributed by atoms with van der Waals surface area (Å²) in [5.74, 6) is 0.292. The minimum absolute atomic E-state index is 0.123. The first-order chi connectivity index (χ1) is 15.0. The molecule has 0 fully saturated rings. The van der Waals surface area contributed by atoms with Crippen LogP contribution in [0, 0.1) is 6.92 Å². The number of aromatic nitrogens is 2. The van der Waals surface area contributed by atoms with Gasteiger partial charge in [-0.05, 0) is 48.9 Å². The van der Waals surface area contributed by atoms with Gasteiger partial charge in [-0.25, -0.2) is 9.78 Å². The normalized spacial score (nSPS) is 12.9. The van der Waals surface area contributed by atoms with Gasteiger partial charge in [-0.1, -0.05) is 44.0 Å². The number of esters is 1. The lowest BCUT2D eigenvalue weighted by Gasteiger charge is -2.17. The molecule has 164 valence electrons. The predicted molar refractivity (Wildman–Crippen MR) is 122 cm³/mol. The third kappa shape index (κ3) is 6.28. The molecule has 31 heavy (non-hydrogen) atoms. The summed E-state index contributed by atoms with van der Waals surface area (Å²) >= 11 is 1.33. The number of benzene rings is 1. The maximum Gasteiger partial charge on any atom is 0.334 e. The first kappa shape index (κ1) is 22.7. The van der Waals surface area contributed by atoms with E-state index in [1.54, 1.807) is 25.3 Å². The number of imidazole rings is 1. The lowest BCUT2D eigenvalue weighted by Crippen LogP contribution is -2.41. The number of hydrogen-bond donors (Lipinski definition) is 2. The van der Waals surface area contributed by atoms with E-state index in [4.69, 9.17) is 4.74 Å². The van der Waals surface area contributed by atoms with Crippen LogP contribution in [0.4, 0.5) is 0 Å². The smallest absolute Gasteiger partial charge is 0.334 e. The van der Waals surface area contributed by atoms with Gasteiger partial charge in [-0.2, -0.15) is 0 Å². The quantitative estimate of drug-likeness (QED) is 0.446. The minimum atomic E-state index is -0.735. The fourth-order valence-corrected chi connectivity index (χ4v) is 4.08. The van der Waals surface area contributed by atoms with Gasteiger partial charge in [0.15, 0.2) is 5.06 Å². The predicted octanol–water partition coefficient (Wildman–Crippen LogP) is 4.75. The summed E-state index contributed by atoms with van der Waals surface area (Å²) in [5, 5.41) is 5.04. The molecule has 0 saturated carbocycles. The molecule has 0 aliphatic rings. The third-order valence-corrected chi connectivity index (χ3v) is 5.91. The average Bonchev–Trinajstić information content (AvgIpc) is 3.41. The molecule has 2 atom stereocenters. The zero-order valence-electron chi connectivity index (χ0n) is 18.2. The van der Waals surface area contributed by atoms with E-state index in [0.717, 1.165) is 30.8 Å². The second kappa shape index (κ2) is 10.9. The first-order valence-electron chi connectivity index (χ1n) is 10.6. The van der Waals surface area contributed by atoms with Gasteiger partial charge in [-0.15, -0.1) is 11.3 Å². The zero-order valence-corrected chi connectivity index (χ0v) is 19.0. The van der Waals surface area contributed by atoms with Crippen LogP contribution in [0.15, 0.2) is 48.0 Å². The molecule has 0 saturated heterocycles. The summed E-state index contributed by atoms with van der Waals surface area (Å²) in [7, 11) is 0. The van der Waals surface area contributed by atoms with E-state index < -0.39 is 12.0 Å². The molecule has 3 rings (SSSR count). The van der Waals surface area contributed by atoms with E-state index in [9.17, 15) is 9.59 Å². The van der Waals surface area contributed by atoms with Crippen molar-refractivity contribution in [3.05, 3.63) is 70.6 Å². The molecule has 1 unspecified atom stereocenters. The Morgan fingerprint density at radius 2 is 2.03 bits per heavy atom. The fourth-order valence-electron chi connectivity index (χ4n) is 3.50. The molecule has 7 heteroatoms. The van der Waals surface area contributed by atoms with Crippen molar-refractivity contribution in [2.75, 3.05) is 0 Å². The van der Waals surface area contributed by atoms with Crippen LogP contribution in [0.5, 0.6) is 5.06 Å². The van der Waals surface area contributed by atoms with Crippen molar-refractivity contribution < 1.29 is 14.3 Å². The van der Waals surface area contributed by atoms with Crippen LogP contribution >= 0.6 is 11.3 Å². The summed E-state index contributed by atoms with van der Waals surface area (Å²) in [5.41, 5.74) is 3.21. The molecular formula is C24H29N3O3S. The number of H-pyrrole nitrogens is 1. The molecule has 0 aliphatic heterocycles. The minimum Gasteiger partial charge on any atom is -0.414 e. The highest BCUT2D eigenvalue weighted by Gasteiger charge is 2.21. The van der Waals surface area contributed by atoms with Gasteiger partial charge in [0.25, 0.3) is 0 Å². The van der Waals surface area contributed by atoms with Crippen LogP contribution in [-0.2, 0) is 16.0 Å². The van der Waals surface area contributed by atoms with Gasteiger partial charge in [0.05, 0.1) is 6.42 Å². The van der Waals surface area contributed by atoms with Crippen LogP contribution in [0.25, 0.3) is 0 Å². The van der Waals surface area contributed by atoms with Gasteiger partial charge in [0.2, 0.25) is 5.91 Å².